The van der Waals surface area contributed by atoms with Gasteiger partial charge in [0.15, 0.2) is 0 Å². The molecule has 0 aromatic carbocycles. The highest BCUT2D eigenvalue weighted by Gasteiger charge is 2.29. The summed E-state index contributed by atoms with van der Waals surface area (Å²) in [6.45, 7) is 4.44. The minimum Gasteiger partial charge on any atom is -0.391 e. The standard InChI is InChI=1S/C16H31N3O2/c1-12-8-9-19(11-15(12)20)16(21)17-14-6-4-13(5-7-14)10-18(2)3/h12-15,20H,4-11H2,1-3H3,(H,17,21). The third-order valence-corrected chi connectivity index (χ3v) is 5.00. The third kappa shape index (κ3) is 4.85. The molecule has 122 valence electrons. The first-order valence-electron chi connectivity index (χ1n) is 8.34. The van der Waals surface area contributed by atoms with Crippen LogP contribution in [0.5, 0.6) is 0 Å². The smallest absolute Gasteiger partial charge is 0.317 e. The lowest BCUT2D eigenvalue weighted by molar-refractivity contribution is 0.0425. The number of aliphatic hydroxyl groups is 1. The average molecular weight is 297 g/mol. The van der Waals surface area contributed by atoms with E-state index in [1.165, 1.54) is 12.8 Å². The van der Waals surface area contributed by atoms with Crippen LogP contribution in [0.1, 0.15) is 39.0 Å². The normalized spacial score (nSPS) is 34.0. The zero-order chi connectivity index (χ0) is 15.4. The molecule has 1 saturated carbocycles. The number of β-amino-alcohol motifs (C(OH)–C–C–N with tert-alkyl or cyclic N) is 1. The molecule has 0 aromatic heterocycles. The fourth-order valence-electron chi connectivity index (χ4n) is 3.51. The highest BCUT2D eigenvalue weighted by atomic mass is 16.3. The quantitative estimate of drug-likeness (QED) is 0.830. The van der Waals surface area contributed by atoms with Gasteiger partial charge in [0, 0.05) is 25.7 Å². The van der Waals surface area contributed by atoms with Gasteiger partial charge in [0.2, 0.25) is 0 Å². The monoisotopic (exact) mass is 297 g/mol. The van der Waals surface area contributed by atoms with Crippen molar-refractivity contribution < 1.29 is 9.90 Å². The van der Waals surface area contributed by atoms with Gasteiger partial charge >= 0.3 is 6.03 Å². The average Bonchev–Trinajstić information content (AvgIpc) is 2.43. The molecule has 2 unspecified atom stereocenters. The van der Waals surface area contributed by atoms with E-state index >= 15 is 0 Å². The molecule has 0 spiro atoms. The van der Waals surface area contributed by atoms with E-state index in [-0.39, 0.29) is 12.1 Å². The summed E-state index contributed by atoms with van der Waals surface area (Å²) in [5.74, 6) is 1.07. The van der Waals surface area contributed by atoms with Crippen LogP contribution >= 0.6 is 0 Å². The van der Waals surface area contributed by atoms with Gasteiger partial charge in [0.05, 0.1) is 6.10 Å². The lowest BCUT2D eigenvalue weighted by Crippen LogP contribution is -2.52. The van der Waals surface area contributed by atoms with Gasteiger partial charge in [-0.2, -0.15) is 0 Å². The van der Waals surface area contributed by atoms with Crippen molar-refractivity contribution in [2.24, 2.45) is 11.8 Å². The van der Waals surface area contributed by atoms with Crippen LogP contribution in [0.25, 0.3) is 0 Å². The molecule has 1 aliphatic heterocycles. The van der Waals surface area contributed by atoms with E-state index in [9.17, 15) is 9.90 Å². The Morgan fingerprint density at radius 1 is 1.24 bits per heavy atom. The Kier molecular flexibility index (Phi) is 5.88. The summed E-state index contributed by atoms with van der Waals surface area (Å²) in [6.07, 6.45) is 5.07. The highest BCUT2D eigenvalue weighted by molar-refractivity contribution is 5.74. The van der Waals surface area contributed by atoms with E-state index in [2.05, 4.69) is 24.3 Å². The zero-order valence-corrected chi connectivity index (χ0v) is 13.7. The maximum atomic E-state index is 12.3. The van der Waals surface area contributed by atoms with Crippen molar-refractivity contribution in [1.82, 2.24) is 15.1 Å². The first-order valence-corrected chi connectivity index (χ1v) is 8.34. The molecule has 2 atom stereocenters. The fraction of sp³-hybridized carbons (Fsp3) is 0.938. The molecule has 2 N–H and O–H groups in total. The van der Waals surface area contributed by atoms with Gasteiger partial charge < -0.3 is 20.2 Å². The molecular weight excluding hydrogens is 266 g/mol. The van der Waals surface area contributed by atoms with Gasteiger partial charge in [-0.15, -0.1) is 0 Å². The summed E-state index contributed by atoms with van der Waals surface area (Å²) in [6, 6.07) is 0.324. The number of aliphatic hydroxyl groups excluding tert-OH is 1. The first-order chi connectivity index (χ1) is 9.95. The van der Waals surface area contributed by atoms with Crippen LogP contribution in [0.4, 0.5) is 4.79 Å². The van der Waals surface area contributed by atoms with Crippen LogP contribution in [0.3, 0.4) is 0 Å². The number of nitrogens with one attached hydrogen (secondary N) is 1. The maximum Gasteiger partial charge on any atom is 0.317 e. The third-order valence-electron chi connectivity index (χ3n) is 5.00. The molecule has 2 amide bonds. The minimum absolute atomic E-state index is 0.0111. The molecule has 2 fully saturated rings. The van der Waals surface area contributed by atoms with E-state index in [0.717, 1.165) is 38.3 Å². The van der Waals surface area contributed by atoms with E-state index in [4.69, 9.17) is 0 Å². The summed E-state index contributed by atoms with van der Waals surface area (Å²) >= 11 is 0. The second kappa shape index (κ2) is 7.45. The van der Waals surface area contributed by atoms with Crippen molar-refractivity contribution >= 4 is 6.03 Å². The van der Waals surface area contributed by atoms with E-state index in [0.29, 0.717) is 18.5 Å². The molecule has 1 saturated heterocycles. The molecule has 21 heavy (non-hydrogen) atoms. The summed E-state index contributed by atoms with van der Waals surface area (Å²) in [4.78, 5) is 16.3. The number of rotatable bonds is 3. The molecule has 0 bridgehead atoms. The predicted molar refractivity (Wildman–Crippen MR) is 84.2 cm³/mol. The van der Waals surface area contributed by atoms with Crippen LogP contribution in [-0.2, 0) is 0 Å². The number of hydrogen-bond donors (Lipinski definition) is 2. The number of likely N-dealkylation sites (tertiary alicyclic amines) is 1. The van der Waals surface area contributed by atoms with Crippen LogP contribution < -0.4 is 5.32 Å². The number of carbonyl (C=O) groups excluding carboxylic acids is 1. The molecular formula is C16H31N3O2. The Labute approximate surface area is 128 Å². The second-order valence-electron chi connectivity index (χ2n) is 7.21. The van der Waals surface area contributed by atoms with Crippen molar-refractivity contribution in [2.75, 3.05) is 33.7 Å². The fourth-order valence-corrected chi connectivity index (χ4v) is 3.51. The number of hydrogen-bond acceptors (Lipinski definition) is 3. The summed E-state index contributed by atoms with van der Waals surface area (Å²) in [7, 11) is 4.24. The molecule has 0 radical (unpaired) electrons. The van der Waals surface area contributed by atoms with E-state index in [1.807, 2.05) is 6.92 Å². The Bertz CT molecular complexity index is 340. The Morgan fingerprint density at radius 3 is 2.48 bits per heavy atom. The molecule has 2 aliphatic rings. The topological polar surface area (TPSA) is 55.8 Å². The zero-order valence-electron chi connectivity index (χ0n) is 13.7. The lowest BCUT2D eigenvalue weighted by Gasteiger charge is -2.36. The van der Waals surface area contributed by atoms with Crippen molar-refractivity contribution in [1.29, 1.82) is 0 Å². The number of carbonyl (C=O) groups is 1. The van der Waals surface area contributed by atoms with Gasteiger partial charge in [-0.05, 0) is 58.0 Å². The van der Waals surface area contributed by atoms with Crippen LogP contribution in [0.15, 0.2) is 0 Å². The van der Waals surface area contributed by atoms with Crippen molar-refractivity contribution in [3.05, 3.63) is 0 Å². The predicted octanol–water partition coefficient (Wildman–Crippen LogP) is 1.52. The summed E-state index contributed by atoms with van der Waals surface area (Å²) in [5.41, 5.74) is 0. The van der Waals surface area contributed by atoms with Crippen LogP contribution in [0, 0.1) is 11.8 Å². The molecule has 0 aromatic rings. The number of urea groups is 1. The van der Waals surface area contributed by atoms with Gasteiger partial charge in [-0.3, -0.25) is 0 Å². The second-order valence-corrected chi connectivity index (χ2v) is 7.21. The van der Waals surface area contributed by atoms with Crippen molar-refractivity contribution in [3.8, 4) is 0 Å². The van der Waals surface area contributed by atoms with Crippen molar-refractivity contribution in [2.45, 2.75) is 51.2 Å². The van der Waals surface area contributed by atoms with E-state index < -0.39 is 0 Å². The first kappa shape index (κ1) is 16.6. The Hall–Kier alpha value is -0.810. The van der Waals surface area contributed by atoms with Crippen LogP contribution in [0.2, 0.25) is 0 Å². The SMILES string of the molecule is CC1CCN(C(=O)NC2CCC(CN(C)C)CC2)CC1O. The van der Waals surface area contributed by atoms with E-state index in [1.54, 1.807) is 4.90 Å². The molecule has 1 aliphatic carbocycles. The molecule has 1 heterocycles. The lowest BCUT2D eigenvalue weighted by atomic mass is 9.86. The molecule has 2 rings (SSSR count). The summed E-state index contributed by atoms with van der Waals surface area (Å²) in [5, 5.41) is 13.1. The maximum absolute atomic E-state index is 12.3. The number of amides is 2. The molecule has 5 heteroatoms. The minimum atomic E-state index is -0.375. The van der Waals surface area contributed by atoms with Gasteiger partial charge in [0.1, 0.15) is 0 Å². The van der Waals surface area contributed by atoms with Gasteiger partial charge in [-0.25, -0.2) is 4.79 Å². The van der Waals surface area contributed by atoms with Gasteiger partial charge in [-0.1, -0.05) is 6.92 Å². The Morgan fingerprint density at radius 2 is 1.90 bits per heavy atom. The van der Waals surface area contributed by atoms with Crippen molar-refractivity contribution in [3.63, 3.8) is 0 Å². The largest absolute Gasteiger partial charge is 0.391 e. The number of piperidine rings is 1. The summed E-state index contributed by atoms with van der Waals surface area (Å²) < 4.78 is 0. The van der Waals surface area contributed by atoms with Gasteiger partial charge in [0.25, 0.3) is 0 Å². The Balaban J connectivity index is 1.72. The van der Waals surface area contributed by atoms with Crippen LogP contribution in [-0.4, -0.2) is 66.8 Å². The highest BCUT2D eigenvalue weighted by Crippen LogP contribution is 2.25. The number of nitrogens with zero attached hydrogens (tertiary/aromatic N) is 2. The molecule has 5 nitrogen and oxygen atoms in total.